The first-order chi connectivity index (χ1) is 8.25. The number of benzene rings is 1. The Kier molecular flexibility index (Phi) is 4.69. The molecule has 0 heterocycles. The highest BCUT2D eigenvalue weighted by Gasteiger charge is 2.10. The summed E-state index contributed by atoms with van der Waals surface area (Å²) in [5, 5.41) is 5.37. The molecule has 1 saturated carbocycles. The lowest BCUT2D eigenvalue weighted by molar-refractivity contribution is 0.445. The zero-order valence-corrected chi connectivity index (χ0v) is 11.1. The van der Waals surface area contributed by atoms with Crippen LogP contribution in [0.25, 0.3) is 0 Å². The Labute approximate surface area is 112 Å². The Morgan fingerprint density at radius 1 is 1.12 bits per heavy atom. The van der Waals surface area contributed by atoms with Gasteiger partial charge in [0.1, 0.15) is 0 Å². The zero-order chi connectivity index (χ0) is 12.1. The van der Waals surface area contributed by atoms with Crippen LogP contribution in [0.15, 0.2) is 23.3 Å². The quantitative estimate of drug-likeness (QED) is 0.609. The van der Waals surface area contributed by atoms with E-state index in [1.165, 1.54) is 32.1 Å². The van der Waals surface area contributed by atoms with E-state index in [1.807, 2.05) is 12.3 Å². The van der Waals surface area contributed by atoms with Crippen molar-refractivity contribution >= 4 is 35.1 Å². The first kappa shape index (κ1) is 12.7. The molecule has 0 unspecified atom stereocenters. The highest BCUT2D eigenvalue weighted by molar-refractivity contribution is 6.42. The van der Waals surface area contributed by atoms with Crippen molar-refractivity contribution in [3.63, 3.8) is 0 Å². The minimum absolute atomic E-state index is 0.546. The van der Waals surface area contributed by atoms with Crippen LogP contribution in [0.1, 0.15) is 32.1 Å². The second-order valence-corrected chi connectivity index (χ2v) is 5.23. The van der Waals surface area contributed by atoms with Gasteiger partial charge < -0.3 is 0 Å². The molecule has 1 N–H and O–H groups in total. The summed E-state index contributed by atoms with van der Waals surface area (Å²) in [6.07, 6.45) is 8.54. The van der Waals surface area contributed by atoms with Crippen molar-refractivity contribution in [1.82, 2.24) is 0 Å². The van der Waals surface area contributed by atoms with Crippen LogP contribution in [0.5, 0.6) is 0 Å². The molecule has 1 aliphatic rings. The standard InChI is InChI=1S/C13H16Cl2N2/c14-12-7-6-11(8-13(12)15)17-16-9-10-4-2-1-3-5-10/h6-10,17H,1-5H2/b16-9-. The Hall–Kier alpha value is -0.730. The maximum Gasteiger partial charge on any atom is 0.0613 e. The minimum Gasteiger partial charge on any atom is -0.279 e. The first-order valence-electron chi connectivity index (χ1n) is 6.00. The van der Waals surface area contributed by atoms with E-state index in [0.717, 1.165) is 5.69 Å². The van der Waals surface area contributed by atoms with E-state index in [9.17, 15) is 0 Å². The molecule has 2 rings (SSSR count). The molecule has 0 amide bonds. The molecule has 1 fully saturated rings. The summed E-state index contributed by atoms with van der Waals surface area (Å²) in [5.74, 6) is 0.624. The smallest absolute Gasteiger partial charge is 0.0613 e. The van der Waals surface area contributed by atoms with Crippen molar-refractivity contribution in [2.75, 3.05) is 5.43 Å². The maximum atomic E-state index is 5.92. The Balaban J connectivity index is 1.88. The number of hydrazone groups is 1. The summed E-state index contributed by atoms with van der Waals surface area (Å²) >= 11 is 11.8. The van der Waals surface area contributed by atoms with Gasteiger partial charge in [0.15, 0.2) is 0 Å². The Morgan fingerprint density at radius 3 is 2.59 bits per heavy atom. The SMILES string of the molecule is Clc1ccc(N/N=C\C2CCCCC2)cc1Cl. The van der Waals surface area contributed by atoms with Gasteiger partial charge in [0.2, 0.25) is 0 Å². The molecule has 0 saturated heterocycles. The van der Waals surface area contributed by atoms with Gasteiger partial charge in [0, 0.05) is 6.21 Å². The Morgan fingerprint density at radius 2 is 1.88 bits per heavy atom. The van der Waals surface area contributed by atoms with Crippen molar-refractivity contribution in [1.29, 1.82) is 0 Å². The van der Waals surface area contributed by atoms with E-state index in [4.69, 9.17) is 23.2 Å². The first-order valence-corrected chi connectivity index (χ1v) is 6.75. The van der Waals surface area contributed by atoms with Gasteiger partial charge in [0.25, 0.3) is 0 Å². The summed E-state index contributed by atoms with van der Waals surface area (Å²) in [7, 11) is 0. The van der Waals surface area contributed by atoms with Gasteiger partial charge in [0.05, 0.1) is 15.7 Å². The molecule has 1 aromatic carbocycles. The van der Waals surface area contributed by atoms with E-state index < -0.39 is 0 Å². The van der Waals surface area contributed by atoms with Crippen LogP contribution in [-0.2, 0) is 0 Å². The Bertz CT molecular complexity index is 398. The minimum atomic E-state index is 0.546. The van der Waals surface area contributed by atoms with Crippen LogP contribution in [-0.4, -0.2) is 6.21 Å². The van der Waals surface area contributed by atoms with Gasteiger partial charge in [-0.15, -0.1) is 0 Å². The third-order valence-electron chi connectivity index (χ3n) is 3.05. The van der Waals surface area contributed by atoms with Gasteiger partial charge in [-0.3, -0.25) is 5.43 Å². The van der Waals surface area contributed by atoms with Crippen molar-refractivity contribution in [2.24, 2.45) is 11.0 Å². The van der Waals surface area contributed by atoms with Crippen molar-refractivity contribution in [2.45, 2.75) is 32.1 Å². The van der Waals surface area contributed by atoms with Crippen LogP contribution in [0.2, 0.25) is 10.0 Å². The molecule has 0 radical (unpaired) electrons. The highest BCUT2D eigenvalue weighted by Crippen LogP contribution is 2.25. The highest BCUT2D eigenvalue weighted by atomic mass is 35.5. The largest absolute Gasteiger partial charge is 0.279 e. The molecule has 0 aromatic heterocycles. The molecule has 1 aliphatic carbocycles. The van der Waals surface area contributed by atoms with Gasteiger partial charge in [-0.25, -0.2) is 0 Å². The molecule has 2 nitrogen and oxygen atoms in total. The summed E-state index contributed by atoms with van der Waals surface area (Å²) in [6, 6.07) is 5.41. The predicted molar refractivity (Wildman–Crippen MR) is 75.2 cm³/mol. The number of hydrogen-bond donors (Lipinski definition) is 1. The predicted octanol–water partition coefficient (Wildman–Crippen LogP) is 4.97. The molecule has 0 spiro atoms. The van der Waals surface area contributed by atoms with Crippen molar-refractivity contribution in [3.8, 4) is 0 Å². The second kappa shape index (κ2) is 6.27. The molecule has 4 heteroatoms. The summed E-state index contributed by atoms with van der Waals surface area (Å²) in [4.78, 5) is 0. The fourth-order valence-electron chi connectivity index (χ4n) is 2.07. The van der Waals surface area contributed by atoms with Crippen molar-refractivity contribution < 1.29 is 0 Å². The van der Waals surface area contributed by atoms with Crippen LogP contribution >= 0.6 is 23.2 Å². The number of anilines is 1. The lowest BCUT2D eigenvalue weighted by Crippen LogP contribution is -2.08. The molecule has 0 bridgehead atoms. The lowest BCUT2D eigenvalue weighted by Gasteiger charge is -2.16. The summed E-state index contributed by atoms with van der Waals surface area (Å²) in [6.45, 7) is 0. The zero-order valence-electron chi connectivity index (χ0n) is 9.63. The maximum absolute atomic E-state index is 5.92. The lowest BCUT2D eigenvalue weighted by atomic mass is 9.90. The second-order valence-electron chi connectivity index (χ2n) is 4.42. The molecule has 1 aromatic rings. The average molecular weight is 271 g/mol. The third-order valence-corrected chi connectivity index (χ3v) is 3.79. The van der Waals surface area contributed by atoms with Gasteiger partial charge in [-0.2, -0.15) is 5.10 Å². The monoisotopic (exact) mass is 270 g/mol. The molecule has 17 heavy (non-hydrogen) atoms. The van der Waals surface area contributed by atoms with E-state index in [1.54, 1.807) is 12.1 Å². The number of hydrogen-bond acceptors (Lipinski definition) is 2. The molecular weight excluding hydrogens is 255 g/mol. The average Bonchev–Trinajstić information content (AvgIpc) is 2.35. The van der Waals surface area contributed by atoms with Gasteiger partial charge >= 0.3 is 0 Å². The van der Waals surface area contributed by atoms with Crippen molar-refractivity contribution in [3.05, 3.63) is 28.2 Å². The fraction of sp³-hybridized carbons (Fsp3) is 0.462. The van der Waals surface area contributed by atoms with E-state index in [-0.39, 0.29) is 0 Å². The number of nitrogens with zero attached hydrogens (tertiary/aromatic N) is 1. The van der Waals surface area contributed by atoms with E-state index in [0.29, 0.717) is 16.0 Å². The number of rotatable bonds is 3. The number of nitrogens with one attached hydrogen (secondary N) is 1. The molecule has 0 atom stereocenters. The molecule has 0 aliphatic heterocycles. The van der Waals surface area contributed by atoms with Crippen LogP contribution in [0.3, 0.4) is 0 Å². The third kappa shape index (κ3) is 3.90. The topological polar surface area (TPSA) is 24.4 Å². The summed E-state index contributed by atoms with van der Waals surface area (Å²) < 4.78 is 0. The normalized spacial score (nSPS) is 17.5. The molecule has 92 valence electrons. The van der Waals surface area contributed by atoms with Crippen LogP contribution in [0.4, 0.5) is 5.69 Å². The summed E-state index contributed by atoms with van der Waals surface area (Å²) in [5.41, 5.74) is 3.85. The fourth-order valence-corrected chi connectivity index (χ4v) is 2.36. The molecular formula is C13H16Cl2N2. The van der Waals surface area contributed by atoms with Gasteiger partial charge in [-0.1, -0.05) is 42.5 Å². The van der Waals surface area contributed by atoms with Crippen LogP contribution < -0.4 is 5.43 Å². The van der Waals surface area contributed by atoms with Gasteiger partial charge in [-0.05, 0) is 37.0 Å². The van der Waals surface area contributed by atoms with E-state index in [2.05, 4.69) is 10.5 Å². The number of halogens is 2. The van der Waals surface area contributed by atoms with Crippen LogP contribution in [0, 0.1) is 5.92 Å². The van der Waals surface area contributed by atoms with E-state index >= 15 is 0 Å².